The molecule has 0 saturated heterocycles. The lowest BCUT2D eigenvalue weighted by molar-refractivity contribution is -0.168. The first kappa shape index (κ1) is 20.6. The van der Waals surface area contributed by atoms with Gasteiger partial charge in [0.15, 0.2) is 0 Å². The van der Waals surface area contributed by atoms with Gasteiger partial charge in [0.05, 0.1) is 4.32 Å². The van der Waals surface area contributed by atoms with Crippen LogP contribution in [-0.4, -0.2) is 28.0 Å². The highest BCUT2D eigenvalue weighted by atomic mass is 79.9. The Bertz CT molecular complexity index is 719. The van der Waals surface area contributed by atoms with Crippen molar-refractivity contribution in [2.24, 2.45) is 34.5 Å². The summed E-state index contributed by atoms with van der Waals surface area (Å²) in [6, 6.07) is 0. The first-order chi connectivity index (χ1) is 13.0. The lowest BCUT2D eigenvalue weighted by atomic mass is 9.44. The van der Waals surface area contributed by atoms with Gasteiger partial charge in [0.25, 0.3) is 0 Å². The number of ketones is 2. The van der Waals surface area contributed by atoms with Gasteiger partial charge in [-0.3, -0.25) is 14.4 Å². The third-order valence-electron chi connectivity index (χ3n) is 9.29. The highest BCUT2D eigenvalue weighted by molar-refractivity contribution is 9.10. The van der Waals surface area contributed by atoms with Gasteiger partial charge in [-0.15, -0.1) is 0 Å². The van der Waals surface area contributed by atoms with E-state index in [1.807, 2.05) is 0 Å². The number of hydrogen-bond acceptors (Lipinski definition) is 4. The van der Waals surface area contributed by atoms with Crippen molar-refractivity contribution in [2.75, 3.05) is 0 Å². The molecule has 8 atom stereocenters. The summed E-state index contributed by atoms with van der Waals surface area (Å²) in [6.45, 7) is 7.66. The maximum absolute atomic E-state index is 13.6. The standard InChI is InChI=1S/C23H33BrO4/c1-13(25)23(24)10-8-18-17-6-5-15-11-16(28-14(2)26)7-9-21(15,3)20(17)19(27)12-22(18,23)4/h15-18,20H,5-12H2,1-4H3/t15-,16-,17+,18+,20-,21-,22-,23+/m1/s1. The predicted octanol–water partition coefficient (Wildman–Crippen LogP) is 4.86. The number of Topliss-reactive ketones (excluding diaryl/α,β-unsaturated/α-hetero) is 2. The van der Waals surface area contributed by atoms with Crippen LogP contribution in [0.15, 0.2) is 0 Å². The molecule has 0 aliphatic heterocycles. The molecule has 156 valence electrons. The molecule has 4 fully saturated rings. The molecule has 0 amide bonds. The molecule has 0 spiro atoms. The number of rotatable bonds is 2. The van der Waals surface area contributed by atoms with E-state index in [1.54, 1.807) is 6.92 Å². The fourth-order valence-corrected chi connectivity index (χ4v) is 8.59. The molecule has 4 aliphatic carbocycles. The largest absolute Gasteiger partial charge is 0.463 e. The number of carbonyl (C=O) groups excluding carboxylic acids is 3. The molecule has 0 aromatic carbocycles. The Labute approximate surface area is 176 Å². The molecule has 4 saturated carbocycles. The van der Waals surface area contributed by atoms with Gasteiger partial charge in [-0.2, -0.15) is 0 Å². The molecule has 4 rings (SSSR count). The van der Waals surface area contributed by atoms with E-state index in [1.165, 1.54) is 6.92 Å². The number of hydrogen-bond donors (Lipinski definition) is 0. The molecule has 0 bridgehead atoms. The van der Waals surface area contributed by atoms with E-state index < -0.39 is 4.32 Å². The Kier molecular flexibility index (Phi) is 4.88. The van der Waals surface area contributed by atoms with Crippen LogP contribution in [0.3, 0.4) is 0 Å². The van der Waals surface area contributed by atoms with E-state index in [4.69, 9.17) is 4.74 Å². The van der Waals surface area contributed by atoms with E-state index in [2.05, 4.69) is 29.8 Å². The summed E-state index contributed by atoms with van der Waals surface area (Å²) >= 11 is 3.82. The Morgan fingerprint density at radius 2 is 1.79 bits per heavy atom. The molecule has 0 N–H and O–H groups in total. The number of carbonyl (C=O) groups is 3. The summed E-state index contributed by atoms with van der Waals surface area (Å²) in [7, 11) is 0. The fourth-order valence-electron chi connectivity index (χ4n) is 7.93. The number of ether oxygens (including phenoxy) is 1. The molecular weight excluding hydrogens is 420 g/mol. The number of alkyl halides is 1. The third kappa shape index (κ3) is 2.70. The second-order valence-corrected chi connectivity index (χ2v) is 11.8. The molecule has 0 radical (unpaired) electrons. The second-order valence-electron chi connectivity index (χ2n) is 10.5. The molecule has 4 nitrogen and oxygen atoms in total. The minimum Gasteiger partial charge on any atom is -0.463 e. The van der Waals surface area contributed by atoms with Gasteiger partial charge in [0, 0.05) is 19.3 Å². The zero-order valence-corrected chi connectivity index (χ0v) is 19.1. The minimum absolute atomic E-state index is 0.00572. The summed E-state index contributed by atoms with van der Waals surface area (Å²) in [6.07, 6.45) is 7.27. The van der Waals surface area contributed by atoms with E-state index >= 15 is 0 Å². The molecule has 0 aromatic heterocycles. The highest BCUT2D eigenvalue weighted by Gasteiger charge is 2.68. The van der Waals surface area contributed by atoms with Crippen LogP contribution in [0.1, 0.15) is 79.1 Å². The van der Waals surface area contributed by atoms with Crippen molar-refractivity contribution in [3.8, 4) is 0 Å². The molecular formula is C23H33BrO4. The van der Waals surface area contributed by atoms with Gasteiger partial charge in [0.2, 0.25) is 0 Å². The van der Waals surface area contributed by atoms with Gasteiger partial charge in [-0.05, 0) is 80.5 Å². The maximum atomic E-state index is 13.6. The SMILES string of the molecule is CC(=O)O[C@@H]1CC[C@]2(C)[C@H](CC[C@@H]3[C@@H]2C(=O)C[C@]2(C)[C@H]3CC[C@]2(Br)C(C)=O)C1. The molecule has 0 aromatic rings. The van der Waals surface area contributed by atoms with Crippen molar-refractivity contribution in [3.05, 3.63) is 0 Å². The normalized spacial score (nSPS) is 50.3. The van der Waals surface area contributed by atoms with Crippen molar-refractivity contribution in [2.45, 2.75) is 89.5 Å². The predicted molar refractivity (Wildman–Crippen MR) is 110 cm³/mol. The Morgan fingerprint density at radius 3 is 2.43 bits per heavy atom. The minimum atomic E-state index is -0.546. The Hall–Kier alpha value is -0.710. The van der Waals surface area contributed by atoms with Crippen LogP contribution in [-0.2, 0) is 19.1 Å². The van der Waals surface area contributed by atoms with E-state index in [-0.39, 0.29) is 34.6 Å². The summed E-state index contributed by atoms with van der Waals surface area (Å²) < 4.78 is 4.97. The van der Waals surface area contributed by atoms with Crippen LogP contribution in [0.5, 0.6) is 0 Å². The fraction of sp³-hybridized carbons (Fsp3) is 0.870. The molecule has 5 heteroatoms. The topological polar surface area (TPSA) is 60.4 Å². The van der Waals surface area contributed by atoms with Crippen molar-refractivity contribution in [1.29, 1.82) is 0 Å². The maximum Gasteiger partial charge on any atom is 0.302 e. The summed E-state index contributed by atoms with van der Waals surface area (Å²) in [5, 5.41) is 0. The van der Waals surface area contributed by atoms with Gasteiger partial charge in [0.1, 0.15) is 17.7 Å². The number of fused-ring (bicyclic) bond motifs is 5. The van der Waals surface area contributed by atoms with Crippen LogP contribution < -0.4 is 0 Å². The number of esters is 1. The summed E-state index contributed by atoms with van der Waals surface area (Å²) in [5.74, 6) is 1.71. The molecule has 4 aliphatic rings. The monoisotopic (exact) mass is 452 g/mol. The van der Waals surface area contributed by atoms with Crippen LogP contribution in [0, 0.1) is 34.5 Å². The summed E-state index contributed by atoms with van der Waals surface area (Å²) in [5.41, 5.74) is -0.263. The zero-order chi connectivity index (χ0) is 20.5. The summed E-state index contributed by atoms with van der Waals surface area (Å²) in [4.78, 5) is 37.5. The quantitative estimate of drug-likeness (QED) is 0.443. The Balaban J connectivity index is 1.63. The van der Waals surface area contributed by atoms with Gasteiger partial charge < -0.3 is 4.74 Å². The average Bonchev–Trinajstić information content (AvgIpc) is 2.86. The molecule has 0 heterocycles. The van der Waals surface area contributed by atoms with Crippen molar-refractivity contribution >= 4 is 33.5 Å². The van der Waals surface area contributed by atoms with E-state index in [0.29, 0.717) is 30.0 Å². The van der Waals surface area contributed by atoms with Crippen LogP contribution in [0.2, 0.25) is 0 Å². The first-order valence-corrected chi connectivity index (χ1v) is 11.7. The second kappa shape index (κ2) is 6.65. The first-order valence-electron chi connectivity index (χ1n) is 10.9. The van der Waals surface area contributed by atoms with Crippen molar-refractivity contribution in [1.82, 2.24) is 0 Å². The van der Waals surface area contributed by atoms with Crippen molar-refractivity contribution in [3.63, 3.8) is 0 Å². The average molecular weight is 453 g/mol. The lowest BCUT2D eigenvalue weighted by Crippen LogP contribution is -2.60. The van der Waals surface area contributed by atoms with Crippen LogP contribution in [0.25, 0.3) is 0 Å². The van der Waals surface area contributed by atoms with Crippen LogP contribution in [0.4, 0.5) is 0 Å². The van der Waals surface area contributed by atoms with Crippen LogP contribution >= 0.6 is 15.9 Å². The van der Waals surface area contributed by atoms with E-state index in [0.717, 1.165) is 44.9 Å². The van der Waals surface area contributed by atoms with Gasteiger partial charge >= 0.3 is 5.97 Å². The van der Waals surface area contributed by atoms with E-state index in [9.17, 15) is 14.4 Å². The molecule has 0 unspecified atom stereocenters. The lowest BCUT2D eigenvalue weighted by Gasteiger charge is -2.60. The number of halogens is 1. The molecule has 28 heavy (non-hydrogen) atoms. The van der Waals surface area contributed by atoms with Crippen molar-refractivity contribution < 1.29 is 19.1 Å². The van der Waals surface area contributed by atoms with Gasteiger partial charge in [-0.1, -0.05) is 29.8 Å². The third-order valence-corrected chi connectivity index (χ3v) is 11.2. The van der Waals surface area contributed by atoms with Gasteiger partial charge in [-0.25, -0.2) is 0 Å². The smallest absolute Gasteiger partial charge is 0.302 e. The highest BCUT2D eigenvalue weighted by Crippen LogP contribution is 2.69. The Morgan fingerprint density at radius 1 is 1.07 bits per heavy atom. The zero-order valence-electron chi connectivity index (χ0n) is 17.6.